The van der Waals surface area contributed by atoms with Crippen LogP contribution in [0.15, 0.2) is 12.1 Å². The van der Waals surface area contributed by atoms with Gasteiger partial charge in [0.25, 0.3) is 0 Å². The van der Waals surface area contributed by atoms with E-state index in [1.54, 1.807) is 6.07 Å². The van der Waals surface area contributed by atoms with Gasteiger partial charge in [-0.25, -0.2) is 4.39 Å². The molecular weight excluding hydrogens is 261 g/mol. The van der Waals surface area contributed by atoms with E-state index in [9.17, 15) is 4.39 Å². The third-order valence-corrected chi connectivity index (χ3v) is 5.04. The zero-order valence-corrected chi connectivity index (χ0v) is 14.2. The van der Waals surface area contributed by atoms with E-state index >= 15 is 0 Å². The Hall–Kier alpha value is -0.890. The van der Waals surface area contributed by atoms with Crippen LogP contribution >= 0.6 is 0 Å². The summed E-state index contributed by atoms with van der Waals surface area (Å²) >= 11 is 0. The minimum atomic E-state index is -0.00306. The molecule has 0 saturated heterocycles. The summed E-state index contributed by atoms with van der Waals surface area (Å²) in [5.41, 5.74) is 3.43. The number of hydrogen-bond donors (Lipinski definition) is 1. The Balaban J connectivity index is 2.35. The van der Waals surface area contributed by atoms with Crippen LogP contribution in [0, 0.1) is 31.0 Å². The van der Waals surface area contributed by atoms with Crippen molar-refractivity contribution in [3.63, 3.8) is 0 Å². The van der Waals surface area contributed by atoms with Gasteiger partial charge in [-0.3, -0.25) is 0 Å². The molecule has 1 fully saturated rings. The van der Waals surface area contributed by atoms with E-state index in [1.165, 1.54) is 12.8 Å². The molecule has 2 unspecified atom stereocenters. The van der Waals surface area contributed by atoms with Crippen molar-refractivity contribution < 1.29 is 4.39 Å². The summed E-state index contributed by atoms with van der Waals surface area (Å²) < 4.78 is 14.6. The molecule has 0 bridgehead atoms. The summed E-state index contributed by atoms with van der Waals surface area (Å²) in [6.45, 7) is 12.8. The summed E-state index contributed by atoms with van der Waals surface area (Å²) in [6, 6.07) is 3.83. The highest BCUT2D eigenvalue weighted by Crippen LogP contribution is 2.47. The quantitative estimate of drug-likeness (QED) is 0.826. The normalized spacial score (nSPS) is 25.0. The molecule has 0 aromatic heterocycles. The standard InChI is InChI=1S/C19H30FN/c1-6-21-12-15-7-8-19(4,5)11-16(15)18-14(3)9-13(2)10-17(18)20/h9-10,15-16,21H,6-8,11-12H2,1-5H3. The number of aryl methyl sites for hydroxylation is 2. The fraction of sp³-hybridized carbons (Fsp3) is 0.684. The molecule has 1 saturated carbocycles. The Labute approximate surface area is 129 Å². The molecule has 2 atom stereocenters. The highest BCUT2D eigenvalue weighted by molar-refractivity contribution is 5.35. The summed E-state index contributed by atoms with van der Waals surface area (Å²) in [4.78, 5) is 0. The van der Waals surface area contributed by atoms with Crippen molar-refractivity contribution in [2.24, 2.45) is 11.3 Å². The molecule has 0 aliphatic heterocycles. The molecule has 2 heteroatoms. The third-order valence-electron chi connectivity index (χ3n) is 5.04. The van der Waals surface area contributed by atoms with Crippen LogP contribution in [0.1, 0.15) is 62.6 Å². The summed E-state index contributed by atoms with van der Waals surface area (Å²) in [6.07, 6.45) is 3.52. The highest BCUT2D eigenvalue weighted by Gasteiger charge is 2.37. The molecule has 1 N–H and O–H groups in total. The van der Waals surface area contributed by atoms with Crippen LogP contribution in [-0.4, -0.2) is 13.1 Å². The van der Waals surface area contributed by atoms with Gasteiger partial charge in [-0.1, -0.05) is 26.8 Å². The number of halogens is 1. The lowest BCUT2D eigenvalue weighted by atomic mass is 9.64. The maximum Gasteiger partial charge on any atom is 0.127 e. The molecule has 21 heavy (non-hydrogen) atoms. The maximum absolute atomic E-state index is 14.6. The van der Waals surface area contributed by atoms with Crippen molar-refractivity contribution in [1.29, 1.82) is 0 Å². The monoisotopic (exact) mass is 291 g/mol. The zero-order valence-electron chi connectivity index (χ0n) is 14.2. The lowest BCUT2D eigenvalue weighted by Crippen LogP contribution is -2.35. The predicted molar refractivity (Wildman–Crippen MR) is 88.3 cm³/mol. The Morgan fingerprint density at radius 3 is 2.62 bits per heavy atom. The van der Waals surface area contributed by atoms with Crippen LogP contribution in [0.25, 0.3) is 0 Å². The van der Waals surface area contributed by atoms with Gasteiger partial charge in [-0.2, -0.15) is 0 Å². The molecule has 0 heterocycles. The average molecular weight is 291 g/mol. The molecule has 1 nitrogen and oxygen atoms in total. The Morgan fingerprint density at radius 1 is 1.29 bits per heavy atom. The van der Waals surface area contributed by atoms with E-state index in [-0.39, 0.29) is 5.82 Å². The second-order valence-electron chi connectivity index (χ2n) is 7.56. The fourth-order valence-electron chi connectivity index (χ4n) is 3.95. The molecule has 1 aromatic rings. The molecule has 2 rings (SSSR count). The van der Waals surface area contributed by atoms with Crippen LogP contribution in [0.4, 0.5) is 4.39 Å². The topological polar surface area (TPSA) is 12.0 Å². The number of hydrogen-bond acceptors (Lipinski definition) is 1. The molecule has 1 aromatic carbocycles. The fourth-order valence-corrected chi connectivity index (χ4v) is 3.95. The van der Waals surface area contributed by atoms with E-state index < -0.39 is 0 Å². The molecule has 118 valence electrons. The zero-order chi connectivity index (χ0) is 15.6. The SMILES string of the molecule is CCNCC1CCC(C)(C)CC1c1c(C)cc(C)cc1F. The van der Waals surface area contributed by atoms with Crippen molar-refractivity contribution in [2.75, 3.05) is 13.1 Å². The van der Waals surface area contributed by atoms with Gasteiger partial charge in [0.2, 0.25) is 0 Å². The Morgan fingerprint density at radius 2 is 2.00 bits per heavy atom. The maximum atomic E-state index is 14.6. The first kappa shape index (κ1) is 16.5. The van der Waals surface area contributed by atoms with Crippen LogP contribution < -0.4 is 5.32 Å². The van der Waals surface area contributed by atoms with Crippen molar-refractivity contribution in [2.45, 2.75) is 59.8 Å². The number of benzene rings is 1. The number of rotatable bonds is 4. The molecule has 0 amide bonds. The predicted octanol–water partition coefficient (Wildman–Crippen LogP) is 4.96. The van der Waals surface area contributed by atoms with Gasteiger partial charge in [0, 0.05) is 0 Å². The minimum Gasteiger partial charge on any atom is -0.317 e. The van der Waals surface area contributed by atoms with Crippen LogP contribution in [-0.2, 0) is 0 Å². The first-order valence-corrected chi connectivity index (χ1v) is 8.31. The van der Waals surface area contributed by atoms with E-state index in [0.717, 1.165) is 36.2 Å². The van der Waals surface area contributed by atoms with E-state index in [4.69, 9.17) is 0 Å². The number of nitrogens with one attached hydrogen (secondary N) is 1. The Bertz CT molecular complexity index is 469. The largest absolute Gasteiger partial charge is 0.317 e. The average Bonchev–Trinajstić information content (AvgIpc) is 2.36. The van der Waals surface area contributed by atoms with Gasteiger partial charge in [-0.05, 0) is 86.2 Å². The van der Waals surface area contributed by atoms with E-state index in [1.807, 2.05) is 6.92 Å². The van der Waals surface area contributed by atoms with Crippen molar-refractivity contribution >= 4 is 0 Å². The first-order chi connectivity index (χ1) is 9.84. The Kier molecular flexibility index (Phi) is 5.08. The molecule has 0 radical (unpaired) electrons. The van der Waals surface area contributed by atoms with Gasteiger partial charge >= 0.3 is 0 Å². The van der Waals surface area contributed by atoms with Gasteiger partial charge in [0.1, 0.15) is 5.82 Å². The second kappa shape index (κ2) is 6.48. The second-order valence-corrected chi connectivity index (χ2v) is 7.56. The van der Waals surface area contributed by atoms with E-state index in [2.05, 4.69) is 39.1 Å². The third kappa shape index (κ3) is 3.85. The summed E-state index contributed by atoms with van der Waals surface area (Å²) in [5.74, 6) is 0.888. The van der Waals surface area contributed by atoms with Crippen LogP contribution in [0.3, 0.4) is 0 Å². The molecule has 1 aliphatic carbocycles. The van der Waals surface area contributed by atoms with Gasteiger partial charge < -0.3 is 5.32 Å². The summed E-state index contributed by atoms with van der Waals surface area (Å²) in [7, 11) is 0. The lowest BCUT2D eigenvalue weighted by Gasteiger charge is -2.42. The highest BCUT2D eigenvalue weighted by atomic mass is 19.1. The van der Waals surface area contributed by atoms with E-state index in [0.29, 0.717) is 17.3 Å². The van der Waals surface area contributed by atoms with Gasteiger partial charge in [0.05, 0.1) is 0 Å². The van der Waals surface area contributed by atoms with Gasteiger partial charge in [-0.15, -0.1) is 0 Å². The van der Waals surface area contributed by atoms with Crippen molar-refractivity contribution in [3.05, 3.63) is 34.6 Å². The van der Waals surface area contributed by atoms with Gasteiger partial charge in [0.15, 0.2) is 0 Å². The van der Waals surface area contributed by atoms with Crippen molar-refractivity contribution in [3.8, 4) is 0 Å². The molecule has 0 spiro atoms. The smallest absolute Gasteiger partial charge is 0.127 e. The van der Waals surface area contributed by atoms with Crippen LogP contribution in [0.2, 0.25) is 0 Å². The lowest BCUT2D eigenvalue weighted by molar-refractivity contribution is 0.157. The summed E-state index contributed by atoms with van der Waals surface area (Å²) in [5, 5.41) is 3.47. The van der Waals surface area contributed by atoms with Crippen molar-refractivity contribution in [1.82, 2.24) is 5.32 Å². The molecular formula is C19H30FN. The minimum absolute atomic E-state index is 0.00306. The van der Waals surface area contributed by atoms with Crippen LogP contribution in [0.5, 0.6) is 0 Å². The first-order valence-electron chi connectivity index (χ1n) is 8.31. The molecule has 1 aliphatic rings.